The number of carbonyl (C=O) groups excluding carboxylic acids is 1. The summed E-state index contributed by atoms with van der Waals surface area (Å²) in [6, 6.07) is 11.3. The van der Waals surface area contributed by atoms with Gasteiger partial charge in [-0.05, 0) is 37.1 Å². The number of ether oxygens (including phenoxy) is 1. The van der Waals surface area contributed by atoms with E-state index in [1.165, 1.54) is 24.3 Å². The van der Waals surface area contributed by atoms with Gasteiger partial charge in [-0.3, -0.25) is 10.1 Å². The highest BCUT2D eigenvalue weighted by Gasteiger charge is 2.11. The van der Waals surface area contributed by atoms with E-state index in [0.717, 1.165) is 16.7 Å². The quantitative estimate of drug-likeness (QED) is 0.489. The van der Waals surface area contributed by atoms with E-state index >= 15 is 0 Å². The first-order valence-electron chi connectivity index (χ1n) is 6.45. The summed E-state index contributed by atoms with van der Waals surface area (Å²) in [5.74, 6) is -0.495. The Kier molecular flexibility index (Phi) is 4.33. The number of non-ortho nitro benzene ring substituents is 1. The molecule has 0 aliphatic carbocycles. The van der Waals surface area contributed by atoms with Crippen LogP contribution in [0, 0.1) is 24.0 Å². The third kappa shape index (κ3) is 3.66. The van der Waals surface area contributed by atoms with Crippen LogP contribution in [0.15, 0.2) is 42.5 Å². The maximum atomic E-state index is 11.9. The number of hydrogen-bond donors (Lipinski definition) is 0. The van der Waals surface area contributed by atoms with E-state index in [4.69, 9.17) is 4.74 Å². The molecule has 21 heavy (non-hydrogen) atoms. The van der Waals surface area contributed by atoms with Gasteiger partial charge in [0.15, 0.2) is 0 Å². The highest BCUT2D eigenvalue weighted by Crippen LogP contribution is 2.15. The van der Waals surface area contributed by atoms with E-state index in [0.29, 0.717) is 5.56 Å². The lowest BCUT2D eigenvalue weighted by Crippen LogP contribution is -2.06. The Morgan fingerprint density at radius 2 is 1.81 bits per heavy atom. The molecular formula is C16H15NO4. The van der Waals surface area contributed by atoms with E-state index in [2.05, 4.69) is 0 Å². The van der Waals surface area contributed by atoms with Crippen molar-refractivity contribution in [3.05, 3.63) is 74.8 Å². The van der Waals surface area contributed by atoms with Crippen molar-refractivity contribution in [2.45, 2.75) is 20.5 Å². The molecule has 0 aliphatic rings. The molecule has 5 nitrogen and oxygen atoms in total. The topological polar surface area (TPSA) is 69.4 Å². The lowest BCUT2D eigenvalue weighted by molar-refractivity contribution is -0.384. The van der Waals surface area contributed by atoms with Gasteiger partial charge in [0, 0.05) is 12.1 Å². The second-order valence-electron chi connectivity index (χ2n) is 4.81. The zero-order chi connectivity index (χ0) is 15.4. The first-order chi connectivity index (χ1) is 9.97. The second-order valence-corrected chi connectivity index (χ2v) is 4.81. The minimum atomic E-state index is -0.509. The summed E-state index contributed by atoms with van der Waals surface area (Å²) in [4.78, 5) is 21.9. The van der Waals surface area contributed by atoms with Gasteiger partial charge in [-0.2, -0.15) is 0 Å². The molecule has 0 amide bonds. The number of hydrogen-bond acceptors (Lipinski definition) is 4. The Hall–Kier alpha value is -2.69. The highest BCUT2D eigenvalue weighted by atomic mass is 16.6. The van der Waals surface area contributed by atoms with Crippen LogP contribution in [0.4, 0.5) is 5.69 Å². The van der Waals surface area contributed by atoms with E-state index in [1.807, 2.05) is 32.0 Å². The molecule has 2 aromatic carbocycles. The Labute approximate surface area is 122 Å². The third-order valence-corrected chi connectivity index (χ3v) is 3.18. The first kappa shape index (κ1) is 14.7. The number of nitrogens with zero attached hydrogens (tertiary/aromatic N) is 1. The Bertz CT molecular complexity index is 677. The predicted molar refractivity (Wildman–Crippen MR) is 78.1 cm³/mol. The molecule has 0 heterocycles. The van der Waals surface area contributed by atoms with Crippen LogP contribution >= 0.6 is 0 Å². The molecule has 0 atom stereocenters. The lowest BCUT2D eigenvalue weighted by Gasteiger charge is -2.08. The summed E-state index contributed by atoms with van der Waals surface area (Å²) in [6.07, 6.45) is 0. The normalized spacial score (nSPS) is 10.2. The molecule has 2 rings (SSSR count). The van der Waals surface area contributed by atoms with Gasteiger partial charge < -0.3 is 4.74 Å². The summed E-state index contributed by atoms with van der Waals surface area (Å²) in [5.41, 5.74) is 3.34. The van der Waals surface area contributed by atoms with Crippen molar-refractivity contribution in [1.82, 2.24) is 0 Å². The fourth-order valence-electron chi connectivity index (χ4n) is 1.90. The molecular weight excluding hydrogens is 270 g/mol. The Balaban J connectivity index is 2.04. The second kappa shape index (κ2) is 6.17. The summed E-state index contributed by atoms with van der Waals surface area (Å²) in [6.45, 7) is 4.11. The lowest BCUT2D eigenvalue weighted by atomic mass is 10.1. The molecule has 0 aromatic heterocycles. The van der Waals surface area contributed by atoms with Gasteiger partial charge in [0.25, 0.3) is 5.69 Å². The largest absolute Gasteiger partial charge is 0.457 e. The number of aryl methyl sites for hydroxylation is 2. The molecule has 0 saturated heterocycles. The first-order valence-corrected chi connectivity index (χ1v) is 6.45. The maximum absolute atomic E-state index is 11.9. The molecule has 0 aliphatic heterocycles. The van der Waals surface area contributed by atoms with Crippen LogP contribution in [0.1, 0.15) is 27.0 Å². The number of rotatable bonds is 4. The van der Waals surface area contributed by atoms with Gasteiger partial charge in [-0.15, -0.1) is 0 Å². The molecule has 2 aromatic rings. The van der Waals surface area contributed by atoms with Crippen molar-refractivity contribution in [3.63, 3.8) is 0 Å². The van der Waals surface area contributed by atoms with Crippen molar-refractivity contribution in [1.29, 1.82) is 0 Å². The Morgan fingerprint density at radius 3 is 2.43 bits per heavy atom. The van der Waals surface area contributed by atoms with Crippen molar-refractivity contribution in [2.24, 2.45) is 0 Å². The van der Waals surface area contributed by atoms with Crippen molar-refractivity contribution in [3.8, 4) is 0 Å². The molecule has 0 unspecified atom stereocenters. The van der Waals surface area contributed by atoms with E-state index in [9.17, 15) is 14.9 Å². The van der Waals surface area contributed by atoms with Crippen molar-refractivity contribution < 1.29 is 14.5 Å². The number of nitro groups is 1. The van der Waals surface area contributed by atoms with Gasteiger partial charge >= 0.3 is 5.97 Å². The zero-order valence-electron chi connectivity index (χ0n) is 11.8. The Morgan fingerprint density at radius 1 is 1.14 bits per heavy atom. The smallest absolute Gasteiger partial charge is 0.338 e. The zero-order valence-corrected chi connectivity index (χ0v) is 11.8. The van der Waals surface area contributed by atoms with Gasteiger partial charge in [0.05, 0.1) is 10.5 Å². The minimum Gasteiger partial charge on any atom is -0.457 e. The third-order valence-electron chi connectivity index (χ3n) is 3.18. The standard InChI is InChI=1S/C16H15NO4/c1-11-3-4-12(2)14(9-11)10-21-16(18)13-5-7-15(8-6-13)17(19)20/h3-9H,10H2,1-2H3. The van der Waals surface area contributed by atoms with E-state index in [1.54, 1.807) is 0 Å². The summed E-state index contributed by atoms with van der Waals surface area (Å²) >= 11 is 0. The van der Waals surface area contributed by atoms with Crippen molar-refractivity contribution in [2.75, 3.05) is 0 Å². The molecule has 0 bridgehead atoms. The minimum absolute atomic E-state index is 0.0546. The molecule has 0 radical (unpaired) electrons. The fourth-order valence-corrected chi connectivity index (χ4v) is 1.90. The summed E-state index contributed by atoms with van der Waals surface area (Å²) < 4.78 is 5.24. The van der Waals surface area contributed by atoms with Crippen molar-refractivity contribution >= 4 is 11.7 Å². The fraction of sp³-hybridized carbons (Fsp3) is 0.188. The monoisotopic (exact) mass is 285 g/mol. The molecule has 108 valence electrons. The molecule has 0 N–H and O–H groups in total. The van der Waals surface area contributed by atoms with Gasteiger partial charge in [-0.1, -0.05) is 23.8 Å². The van der Waals surface area contributed by atoms with Gasteiger partial charge in [-0.25, -0.2) is 4.79 Å². The number of esters is 1. The number of nitro benzene ring substituents is 1. The SMILES string of the molecule is Cc1ccc(C)c(COC(=O)c2ccc([N+](=O)[O-])cc2)c1. The molecule has 0 fully saturated rings. The average molecular weight is 285 g/mol. The number of carbonyl (C=O) groups is 1. The van der Waals surface area contributed by atoms with Crippen LogP contribution in [-0.2, 0) is 11.3 Å². The van der Waals surface area contributed by atoms with Gasteiger partial charge in [0.1, 0.15) is 6.61 Å². The van der Waals surface area contributed by atoms with Crippen LogP contribution < -0.4 is 0 Å². The molecule has 0 saturated carbocycles. The average Bonchev–Trinajstić information content (AvgIpc) is 2.48. The highest BCUT2D eigenvalue weighted by molar-refractivity contribution is 5.89. The molecule has 0 spiro atoms. The van der Waals surface area contributed by atoms with Crippen LogP contribution in [0.2, 0.25) is 0 Å². The maximum Gasteiger partial charge on any atom is 0.338 e. The molecule has 5 heteroatoms. The van der Waals surface area contributed by atoms with Crippen LogP contribution in [0.3, 0.4) is 0 Å². The number of benzene rings is 2. The summed E-state index contributed by atoms with van der Waals surface area (Å²) in [5, 5.41) is 10.6. The van der Waals surface area contributed by atoms with E-state index in [-0.39, 0.29) is 12.3 Å². The predicted octanol–water partition coefficient (Wildman–Crippen LogP) is 3.57. The van der Waals surface area contributed by atoms with Crippen LogP contribution in [0.5, 0.6) is 0 Å². The van der Waals surface area contributed by atoms with Crippen LogP contribution in [-0.4, -0.2) is 10.9 Å². The van der Waals surface area contributed by atoms with Crippen LogP contribution in [0.25, 0.3) is 0 Å². The summed E-state index contributed by atoms with van der Waals surface area (Å²) in [7, 11) is 0. The van der Waals surface area contributed by atoms with Gasteiger partial charge in [0.2, 0.25) is 0 Å². The van der Waals surface area contributed by atoms with E-state index < -0.39 is 10.9 Å².